The first-order valence-electron chi connectivity index (χ1n) is 6.82. The Labute approximate surface area is 112 Å². The number of hydrogen-bond acceptors (Lipinski definition) is 3. The highest BCUT2D eigenvalue weighted by Gasteiger charge is 2.24. The van der Waals surface area contributed by atoms with Crippen LogP contribution in [0, 0.1) is 11.3 Å². The molecule has 2 atom stereocenters. The summed E-state index contributed by atoms with van der Waals surface area (Å²) in [5, 5.41) is 15.2. The van der Waals surface area contributed by atoms with Gasteiger partial charge in [-0.05, 0) is 24.7 Å². The molecule has 0 aliphatic rings. The molecule has 1 amide bonds. The smallest absolute Gasteiger partial charge is 0.234 e. The first-order chi connectivity index (χ1) is 8.18. The van der Waals surface area contributed by atoms with Crippen molar-refractivity contribution in [3.63, 3.8) is 0 Å². The van der Waals surface area contributed by atoms with Gasteiger partial charge in [-0.25, -0.2) is 0 Å². The van der Waals surface area contributed by atoms with Gasteiger partial charge in [0.1, 0.15) is 0 Å². The van der Waals surface area contributed by atoms with Gasteiger partial charge in [0.25, 0.3) is 0 Å². The molecule has 0 rings (SSSR count). The van der Waals surface area contributed by atoms with Gasteiger partial charge in [0.05, 0.1) is 6.54 Å². The summed E-state index contributed by atoms with van der Waals surface area (Å²) in [5.74, 6) is 0.452. The van der Waals surface area contributed by atoms with Crippen molar-refractivity contribution in [3.05, 3.63) is 0 Å². The zero-order chi connectivity index (χ0) is 14.3. The molecule has 108 valence electrons. The Morgan fingerprint density at radius 1 is 1.22 bits per heavy atom. The van der Waals surface area contributed by atoms with Crippen LogP contribution in [-0.2, 0) is 4.79 Å². The first-order valence-corrected chi connectivity index (χ1v) is 6.82. The Bertz CT molecular complexity index is 247. The van der Waals surface area contributed by atoms with Crippen molar-refractivity contribution >= 4 is 5.91 Å². The monoisotopic (exact) mass is 258 g/mol. The van der Waals surface area contributed by atoms with Crippen LogP contribution in [0.1, 0.15) is 48.0 Å². The van der Waals surface area contributed by atoms with Crippen molar-refractivity contribution in [2.45, 2.75) is 60.0 Å². The molecule has 0 heterocycles. The fourth-order valence-electron chi connectivity index (χ4n) is 1.66. The van der Waals surface area contributed by atoms with E-state index in [0.717, 1.165) is 0 Å². The van der Waals surface area contributed by atoms with Gasteiger partial charge < -0.3 is 15.7 Å². The van der Waals surface area contributed by atoms with Crippen LogP contribution in [0.4, 0.5) is 0 Å². The zero-order valence-corrected chi connectivity index (χ0v) is 12.7. The minimum absolute atomic E-state index is 0.0170. The van der Waals surface area contributed by atoms with Crippen LogP contribution in [0.3, 0.4) is 0 Å². The number of carbonyl (C=O) groups is 1. The number of aliphatic hydroxyl groups excluding tert-OH is 1. The number of rotatable bonds is 7. The summed E-state index contributed by atoms with van der Waals surface area (Å²) < 4.78 is 0. The molecule has 0 aromatic carbocycles. The molecule has 18 heavy (non-hydrogen) atoms. The fraction of sp³-hybridized carbons (Fsp3) is 0.929. The predicted molar refractivity (Wildman–Crippen MR) is 75.4 cm³/mol. The van der Waals surface area contributed by atoms with E-state index in [4.69, 9.17) is 5.11 Å². The number of amides is 1. The van der Waals surface area contributed by atoms with Crippen molar-refractivity contribution in [1.29, 1.82) is 0 Å². The summed E-state index contributed by atoms with van der Waals surface area (Å²) in [6.45, 7) is 12.9. The summed E-state index contributed by atoms with van der Waals surface area (Å²) in [6.07, 6.45) is 0.663. The average Bonchev–Trinajstić information content (AvgIpc) is 2.22. The molecule has 0 spiro atoms. The molecule has 0 radical (unpaired) electrons. The molecule has 0 aliphatic heterocycles. The van der Waals surface area contributed by atoms with Gasteiger partial charge in [0, 0.05) is 18.7 Å². The normalized spacial score (nSPS) is 15.6. The van der Waals surface area contributed by atoms with Crippen molar-refractivity contribution in [2.75, 3.05) is 13.2 Å². The van der Waals surface area contributed by atoms with E-state index in [-0.39, 0.29) is 30.0 Å². The molecular formula is C14H30N2O2. The Balaban J connectivity index is 4.16. The van der Waals surface area contributed by atoms with Gasteiger partial charge in [0.2, 0.25) is 5.91 Å². The largest absolute Gasteiger partial charge is 0.396 e. The summed E-state index contributed by atoms with van der Waals surface area (Å²) in [7, 11) is 0. The summed E-state index contributed by atoms with van der Waals surface area (Å²) in [4.78, 5) is 11.8. The SMILES string of the molecule is CC(C)C(C)NC(=O)CNC(CCO)C(C)(C)C. The number of hydrogen-bond donors (Lipinski definition) is 3. The van der Waals surface area contributed by atoms with Crippen LogP contribution in [0.25, 0.3) is 0 Å². The maximum absolute atomic E-state index is 11.8. The molecule has 4 nitrogen and oxygen atoms in total. The molecule has 2 unspecified atom stereocenters. The van der Waals surface area contributed by atoms with E-state index in [9.17, 15) is 4.79 Å². The van der Waals surface area contributed by atoms with Crippen LogP contribution in [0.2, 0.25) is 0 Å². The third-order valence-electron chi connectivity index (χ3n) is 3.36. The van der Waals surface area contributed by atoms with E-state index in [2.05, 4.69) is 45.3 Å². The van der Waals surface area contributed by atoms with Gasteiger partial charge in [-0.3, -0.25) is 4.79 Å². The van der Waals surface area contributed by atoms with E-state index in [0.29, 0.717) is 18.9 Å². The fourth-order valence-corrected chi connectivity index (χ4v) is 1.66. The molecule has 0 saturated carbocycles. The van der Waals surface area contributed by atoms with Gasteiger partial charge in [-0.2, -0.15) is 0 Å². The van der Waals surface area contributed by atoms with E-state index >= 15 is 0 Å². The molecular weight excluding hydrogens is 228 g/mol. The lowest BCUT2D eigenvalue weighted by atomic mass is 9.85. The molecule has 0 aromatic rings. The quantitative estimate of drug-likeness (QED) is 0.649. The van der Waals surface area contributed by atoms with Crippen LogP contribution in [0.15, 0.2) is 0 Å². The van der Waals surface area contributed by atoms with Crippen LogP contribution in [0.5, 0.6) is 0 Å². The molecule has 0 bridgehead atoms. The number of nitrogens with one attached hydrogen (secondary N) is 2. The Morgan fingerprint density at radius 3 is 2.17 bits per heavy atom. The minimum Gasteiger partial charge on any atom is -0.396 e. The highest BCUT2D eigenvalue weighted by Crippen LogP contribution is 2.21. The summed E-state index contributed by atoms with van der Waals surface area (Å²) >= 11 is 0. The Morgan fingerprint density at radius 2 is 1.78 bits per heavy atom. The maximum atomic E-state index is 11.8. The van der Waals surface area contributed by atoms with E-state index in [1.807, 2.05) is 6.92 Å². The highest BCUT2D eigenvalue weighted by atomic mass is 16.3. The molecule has 0 aliphatic carbocycles. The second-order valence-electron chi connectivity index (χ2n) is 6.41. The predicted octanol–water partition coefficient (Wildman–Crippen LogP) is 1.53. The number of carbonyl (C=O) groups excluding carboxylic acids is 1. The van der Waals surface area contributed by atoms with E-state index in [1.54, 1.807) is 0 Å². The Hall–Kier alpha value is -0.610. The highest BCUT2D eigenvalue weighted by molar-refractivity contribution is 5.78. The van der Waals surface area contributed by atoms with Crippen LogP contribution in [-0.4, -0.2) is 36.2 Å². The third-order valence-corrected chi connectivity index (χ3v) is 3.36. The molecule has 0 saturated heterocycles. The average molecular weight is 258 g/mol. The van der Waals surface area contributed by atoms with E-state index < -0.39 is 0 Å². The van der Waals surface area contributed by atoms with Crippen molar-refractivity contribution in [2.24, 2.45) is 11.3 Å². The lowest BCUT2D eigenvalue weighted by Gasteiger charge is -2.31. The lowest BCUT2D eigenvalue weighted by Crippen LogP contribution is -2.47. The van der Waals surface area contributed by atoms with Crippen LogP contribution < -0.4 is 10.6 Å². The molecule has 4 heteroatoms. The van der Waals surface area contributed by atoms with Gasteiger partial charge >= 0.3 is 0 Å². The minimum atomic E-state index is 0.0170. The second kappa shape index (κ2) is 7.74. The van der Waals surface area contributed by atoms with Gasteiger partial charge in [-0.15, -0.1) is 0 Å². The number of aliphatic hydroxyl groups is 1. The van der Waals surface area contributed by atoms with Gasteiger partial charge in [-0.1, -0.05) is 34.6 Å². The topological polar surface area (TPSA) is 61.4 Å². The second-order valence-corrected chi connectivity index (χ2v) is 6.41. The standard InChI is InChI=1S/C14H30N2O2/c1-10(2)11(3)16-13(18)9-15-12(7-8-17)14(4,5)6/h10-12,15,17H,7-9H2,1-6H3,(H,16,18). The first kappa shape index (κ1) is 17.4. The lowest BCUT2D eigenvalue weighted by molar-refractivity contribution is -0.121. The molecule has 0 fully saturated rings. The van der Waals surface area contributed by atoms with E-state index in [1.165, 1.54) is 0 Å². The van der Waals surface area contributed by atoms with Crippen molar-refractivity contribution in [1.82, 2.24) is 10.6 Å². The van der Waals surface area contributed by atoms with Crippen LogP contribution >= 0.6 is 0 Å². The zero-order valence-electron chi connectivity index (χ0n) is 12.7. The third kappa shape index (κ3) is 6.97. The van der Waals surface area contributed by atoms with Gasteiger partial charge in [0.15, 0.2) is 0 Å². The van der Waals surface area contributed by atoms with Crippen molar-refractivity contribution < 1.29 is 9.90 Å². The maximum Gasteiger partial charge on any atom is 0.234 e. The Kier molecular flexibility index (Phi) is 7.48. The van der Waals surface area contributed by atoms with Crippen molar-refractivity contribution in [3.8, 4) is 0 Å². The molecule has 0 aromatic heterocycles. The molecule has 3 N–H and O–H groups in total. The summed E-state index contributed by atoms with van der Waals surface area (Å²) in [5.41, 5.74) is 0.0344. The summed E-state index contributed by atoms with van der Waals surface area (Å²) in [6, 6.07) is 0.327.